The molecule has 2 rings (SSSR count). The van der Waals surface area contributed by atoms with Crippen molar-refractivity contribution < 1.29 is 49.9 Å². The topological polar surface area (TPSA) is 166 Å². The van der Waals surface area contributed by atoms with Crippen molar-refractivity contribution in [3.63, 3.8) is 0 Å². The van der Waals surface area contributed by atoms with Crippen molar-refractivity contribution in [3.8, 4) is 11.5 Å². The molecule has 0 radical (unpaired) electrons. The first kappa shape index (κ1) is 19.1. The van der Waals surface area contributed by atoms with Crippen molar-refractivity contribution in [1.82, 2.24) is 0 Å². The second-order valence-corrected chi connectivity index (χ2v) is 5.31. The molecule has 25 heavy (non-hydrogen) atoms. The fourth-order valence-electron chi connectivity index (χ4n) is 2.06. The van der Waals surface area contributed by atoms with Gasteiger partial charge in [-0.3, -0.25) is 4.89 Å². The number of hydrogen-bond acceptors (Lipinski definition) is 10. The van der Waals surface area contributed by atoms with Gasteiger partial charge in [0.15, 0.2) is 17.8 Å². The van der Waals surface area contributed by atoms with Gasteiger partial charge in [-0.05, 0) is 23.8 Å². The third-order valence-electron chi connectivity index (χ3n) is 3.47. The Morgan fingerprint density at radius 1 is 1.08 bits per heavy atom. The summed E-state index contributed by atoms with van der Waals surface area (Å²) in [6.45, 7) is -0.498. The Morgan fingerprint density at radius 2 is 1.80 bits per heavy atom. The molecule has 138 valence electrons. The van der Waals surface area contributed by atoms with Gasteiger partial charge in [0, 0.05) is 6.08 Å². The van der Waals surface area contributed by atoms with Crippen LogP contribution in [-0.2, 0) is 19.3 Å². The summed E-state index contributed by atoms with van der Waals surface area (Å²) in [6, 6.07) is 3.91. The molecular weight excluding hydrogens is 340 g/mol. The Morgan fingerprint density at radius 3 is 2.48 bits per heavy atom. The Bertz CT molecular complexity index is 631. The van der Waals surface area contributed by atoms with Crippen LogP contribution in [0.25, 0.3) is 6.08 Å². The summed E-state index contributed by atoms with van der Waals surface area (Å²) in [5, 5.41) is 56.3. The molecule has 10 nitrogen and oxygen atoms in total. The number of phenols is 2. The second-order valence-electron chi connectivity index (χ2n) is 5.31. The average Bonchev–Trinajstić information content (AvgIpc) is 2.58. The van der Waals surface area contributed by atoms with Crippen LogP contribution in [-0.4, -0.2) is 73.9 Å². The first-order valence-corrected chi connectivity index (χ1v) is 7.21. The molecule has 0 amide bonds. The molecule has 10 heteroatoms. The van der Waals surface area contributed by atoms with Gasteiger partial charge in [0.25, 0.3) is 0 Å². The van der Waals surface area contributed by atoms with Gasteiger partial charge >= 0.3 is 5.97 Å². The molecule has 1 aromatic rings. The van der Waals surface area contributed by atoms with Crippen molar-refractivity contribution in [3.05, 3.63) is 29.8 Å². The Labute approximate surface area is 141 Å². The van der Waals surface area contributed by atoms with E-state index in [4.69, 9.17) is 9.84 Å². The van der Waals surface area contributed by atoms with E-state index in [1.165, 1.54) is 24.3 Å². The van der Waals surface area contributed by atoms with E-state index in [1.807, 2.05) is 0 Å². The predicted molar refractivity (Wildman–Crippen MR) is 79.7 cm³/mol. The second kappa shape index (κ2) is 8.25. The van der Waals surface area contributed by atoms with E-state index < -0.39 is 43.3 Å². The lowest BCUT2D eigenvalue weighted by Crippen LogP contribution is -2.58. The molecule has 1 heterocycles. The molecule has 0 spiro atoms. The van der Waals surface area contributed by atoms with Crippen molar-refractivity contribution in [1.29, 1.82) is 0 Å². The maximum absolute atomic E-state index is 11.5. The van der Waals surface area contributed by atoms with Crippen molar-refractivity contribution >= 4 is 12.0 Å². The minimum atomic E-state index is -1.72. The van der Waals surface area contributed by atoms with E-state index in [0.717, 1.165) is 6.08 Å². The largest absolute Gasteiger partial charge is 0.504 e. The maximum atomic E-state index is 11.5. The van der Waals surface area contributed by atoms with E-state index in [9.17, 15) is 30.3 Å². The van der Waals surface area contributed by atoms with E-state index in [0.29, 0.717) is 5.56 Å². The van der Waals surface area contributed by atoms with Crippen LogP contribution >= 0.6 is 0 Å². The van der Waals surface area contributed by atoms with Crippen LogP contribution in [0.15, 0.2) is 24.3 Å². The number of hydrogen-bond donors (Lipinski definition) is 6. The zero-order chi connectivity index (χ0) is 18.6. The fraction of sp³-hybridized carbons (Fsp3) is 0.400. The lowest BCUT2D eigenvalue weighted by molar-refractivity contribution is -0.326. The molecule has 0 bridgehead atoms. The number of carbonyl (C=O) groups excluding carboxylic acids is 1. The minimum Gasteiger partial charge on any atom is -0.504 e. The summed E-state index contributed by atoms with van der Waals surface area (Å²) in [6.07, 6.45) is -5.52. The Hall–Kier alpha value is -2.21. The third kappa shape index (κ3) is 4.89. The third-order valence-corrected chi connectivity index (χ3v) is 3.47. The maximum Gasteiger partial charge on any atom is 0.365 e. The van der Waals surface area contributed by atoms with Crippen LogP contribution in [0.5, 0.6) is 11.5 Å². The molecule has 1 aliphatic rings. The van der Waals surface area contributed by atoms with Crippen LogP contribution in [0, 0.1) is 0 Å². The number of aromatic hydroxyl groups is 2. The summed E-state index contributed by atoms with van der Waals surface area (Å²) < 4.78 is 4.83. The van der Waals surface area contributed by atoms with Crippen LogP contribution < -0.4 is 0 Å². The molecule has 0 saturated carbocycles. The SMILES string of the molecule is O=C(/C=C/c1ccc(O)c(O)c1)OOC[C@H]1OC(O)[C@H](O)[C@@H](O)[C@@H]1O. The number of benzene rings is 1. The van der Waals surface area contributed by atoms with E-state index >= 15 is 0 Å². The van der Waals surface area contributed by atoms with Gasteiger partial charge in [-0.2, -0.15) is 4.89 Å². The quantitative estimate of drug-likeness (QED) is 0.156. The first-order chi connectivity index (χ1) is 11.8. The molecule has 1 saturated heterocycles. The monoisotopic (exact) mass is 358 g/mol. The number of rotatable bonds is 5. The van der Waals surface area contributed by atoms with Gasteiger partial charge in [0.05, 0.1) is 0 Å². The summed E-state index contributed by atoms with van der Waals surface area (Å²) in [4.78, 5) is 20.5. The van der Waals surface area contributed by atoms with Crippen molar-refractivity contribution in [2.45, 2.75) is 30.7 Å². The highest BCUT2D eigenvalue weighted by Gasteiger charge is 2.43. The van der Waals surface area contributed by atoms with Crippen LogP contribution in [0.1, 0.15) is 5.56 Å². The zero-order valence-corrected chi connectivity index (χ0v) is 12.8. The van der Waals surface area contributed by atoms with Crippen LogP contribution in [0.2, 0.25) is 0 Å². The number of aliphatic hydroxyl groups excluding tert-OH is 4. The van der Waals surface area contributed by atoms with E-state index in [1.54, 1.807) is 0 Å². The molecule has 1 aliphatic heterocycles. The highest BCUT2D eigenvalue weighted by atomic mass is 17.2. The molecule has 0 aliphatic carbocycles. The van der Waals surface area contributed by atoms with Gasteiger partial charge in [-0.15, -0.1) is 0 Å². The fourth-order valence-corrected chi connectivity index (χ4v) is 2.06. The smallest absolute Gasteiger partial charge is 0.365 e. The molecular formula is C15H18O10. The van der Waals surface area contributed by atoms with Crippen molar-refractivity contribution in [2.24, 2.45) is 0 Å². The van der Waals surface area contributed by atoms with Gasteiger partial charge in [-0.25, -0.2) is 4.79 Å². The van der Waals surface area contributed by atoms with E-state index in [2.05, 4.69) is 9.78 Å². The van der Waals surface area contributed by atoms with E-state index in [-0.39, 0.29) is 11.5 Å². The Kier molecular flexibility index (Phi) is 6.31. The average molecular weight is 358 g/mol. The number of phenolic OH excluding ortho intramolecular Hbond substituents is 2. The normalized spacial score (nSPS) is 29.7. The lowest BCUT2D eigenvalue weighted by Gasteiger charge is -2.37. The summed E-state index contributed by atoms with van der Waals surface area (Å²) in [5.41, 5.74) is 0.415. The zero-order valence-electron chi connectivity index (χ0n) is 12.8. The number of aliphatic hydroxyl groups is 4. The lowest BCUT2D eigenvalue weighted by atomic mass is 9.99. The van der Waals surface area contributed by atoms with Gasteiger partial charge in [-0.1, -0.05) is 6.07 Å². The minimum absolute atomic E-state index is 0.302. The molecule has 1 fully saturated rings. The first-order valence-electron chi connectivity index (χ1n) is 7.21. The predicted octanol–water partition coefficient (Wildman–Crippen LogP) is -1.61. The number of ether oxygens (including phenoxy) is 1. The molecule has 6 N–H and O–H groups in total. The summed E-state index contributed by atoms with van der Waals surface area (Å²) in [5.74, 6) is -1.57. The highest BCUT2D eigenvalue weighted by Crippen LogP contribution is 2.25. The van der Waals surface area contributed by atoms with Gasteiger partial charge in [0.1, 0.15) is 31.0 Å². The summed E-state index contributed by atoms with van der Waals surface area (Å²) in [7, 11) is 0. The molecule has 1 unspecified atom stereocenters. The van der Waals surface area contributed by atoms with Crippen LogP contribution in [0.3, 0.4) is 0 Å². The van der Waals surface area contributed by atoms with Gasteiger partial charge in [0.2, 0.25) is 0 Å². The van der Waals surface area contributed by atoms with Gasteiger partial charge < -0.3 is 35.4 Å². The standard InChI is InChI=1S/C15H18O10/c16-8-3-1-7(5-9(8)17)2-4-11(18)25-23-6-10-12(19)13(20)14(21)15(22)24-10/h1-5,10,12-17,19-22H,6H2/b4-2+/t10-,12-,13+,14-,15?/m1/s1. The highest BCUT2D eigenvalue weighted by molar-refractivity contribution is 5.86. The van der Waals surface area contributed by atoms with Crippen molar-refractivity contribution in [2.75, 3.05) is 6.61 Å². The summed E-state index contributed by atoms with van der Waals surface area (Å²) >= 11 is 0. The molecule has 0 aromatic heterocycles. The molecule has 5 atom stereocenters. The van der Waals surface area contributed by atoms with Crippen LogP contribution in [0.4, 0.5) is 0 Å². The molecule has 1 aromatic carbocycles. The number of carbonyl (C=O) groups is 1. The Balaban J connectivity index is 1.80.